The van der Waals surface area contributed by atoms with Crippen molar-refractivity contribution in [2.24, 2.45) is 0 Å². The highest BCUT2D eigenvalue weighted by Gasteiger charge is 2.29. The van der Waals surface area contributed by atoms with Crippen molar-refractivity contribution in [3.63, 3.8) is 0 Å². The Labute approximate surface area is 254 Å². The van der Waals surface area contributed by atoms with Gasteiger partial charge in [0.15, 0.2) is 0 Å². The zero-order valence-corrected chi connectivity index (χ0v) is 25.3. The van der Waals surface area contributed by atoms with Gasteiger partial charge >= 0.3 is 6.09 Å². The number of carbonyl (C=O) groups is 1. The number of ether oxygens (including phenoxy) is 8. The lowest BCUT2D eigenvalue weighted by atomic mass is 9.98. The number of carbonyl (C=O) groups excluding carboxylic acids is 1. The lowest BCUT2D eigenvalue weighted by Crippen LogP contribution is -2.32. The number of fused-ring (bicyclic) bond motifs is 3. The van der Waals surface area contributed by atoms with Crippen LogP contribution >= 0.6 is 0 Å². The fourth-order valence-electron chi connectivity index (χ4n) is 4.48. The average Bonchev–Trinajstić information content (AvgIpc) is 3.35. The van der Waals surface area contributed by atoms with E-state index in [4.69, 9.17) is 43.0 Å². The topological polar surface area (TPSA) is 114 Å². The van der Waals surface area contributed by atoms with E-state index in [0.717, 1.165) is 0 Å². The van der Waals surface area contributed by atoms with E-state index in [-0.39, 0.29) is 18.6 Å². The van der Waals surface area contributed by atoms with E-state index in [9.17, 15) is 4.79 Å². The molecule has 0 atom stereocenters. The van der Waals surface area contributed by atoms with Gasteiger partial charge in [-0.1, -0.05) is 48.5 Å². The number of likely N-dealkylation sites (N-methyl/N-ethyl adjacent to an activating group) is 1. The molecule has 0 spiro atoms. The van der Waals surface area contributed by atoms with Crippen molar-refractivity contribution in [3.8, 4) is 11.1 Å². The first-order valence-corrected chi connectivity index (χ1v) is 14.9. The highest BCUT2D eigenvalue weighted by Crippen LogP contribution is 2.44. The Kier molecular flexibility index (Phi) is 17.8. The Morgan fingerprint density at radius 1 is 0.605 bits per heavy atom. The molecule has 11 nitrogen and oxygen atoms in total. The van der Waals surface area contributed by atoms with Crippen LogP contribution in [0.2, 0.25) is 0 Å². The predicted octanol–water partition coefficient (Wildman–Crippen LogP) is 2.98. The summed E-state index contributed by atoms with van der Waals surface area (Å²) in [5, 5.41) is 8.59. The van der Waals surface area contributed by atoms with Crippen molar-refractivity contribution in [2.45, 2.75) is 5.92 Å². The van der Waals surface area contributed by atoms with Crippen LogP contribution < -0.4 is 0 Å². The summed E-state index contributed by atoms with van der Waals surface area (Å²) in [5.74, 6) is 0.0428. The number of rotatable bonds is 25. The number of hydrogen-bond donors (Lipinski definition) is 1. The third kappa shape index (κ3) is 13.3. The summed E-state index contributed by atoms with van der Waals surface area (Å²) in [6.07, 6.45) is -0.363. The molecule has 0 heterocycles. The quantitative estimate of drug-likeness (QED) is 0.170. The molecule has 0 radical (unpaired) electrons. The van der Waals surface area contributed by atoms with Crippen molar-refractivity contribution in [3.05, 3.63) is 59.7 Å². The molecule has 0 aliphatic heterocycles. The molecule has 0 fully saturated rings. The van der Waals surface area contributed by atoms with E-state index < -0.39 is 0 Å². The van der Waals surface area contributed by atoms with Crippen molar-refractivity contribution >= 4 is 6.09 Å². The second-order valence-corrected chi connectivity index (χ2v) is 9.74. The number of aliphatic hydroxyl groups excluding tert-OH is 1. The summed E-state index contributed by atoms with van der Waals surface area (Å²) in [5.41, 5.74) is 4.80. The molecule has 0 saturated heterocycles. The van der Waals surface area contributed by atoms with Crippen LogP contribution in [0.4, 0.5) is 4.79 Å². The van der Waals surface area contributed by atoms with Crippen molar-refractivity contribution in [1.82, 2.24) is 4.90 Å². The monoisotopic (exact) mass is 605 g/mol. The Bertz CT molecular complexity index is 978. The second-order valence-electron chi connectivity index (χ2n) is 9.74. The van der Waals surface area contributed by atoms with Crippen LogP contribution in [-0.2, 0) is 37.9 Å². The normalized spacial score (nSPS) is 12.3. The second kappa shape index (κ2) is 22.0. The summed E-state index contributed by atoms with van der Waals surface area (Å²) in [6, 6.07) is 16.6. The smallest absolute Gasteiger partial charge is 0.409 e. The van der Waals surface area contributed by atoms with Gasteiger partial charge < -0.3 is 47.9 Å². The molecule has 43 heavy (non-hydrogen) atoms. The molecule has 1 amide bonds. The summed E-state index contributed by atoms with van der Waals surface area (Å²) in [7, 11) is 1.71. The van der Waals surface area contributed by atoms with Gasteiger partial charge in [0.25, 0.3) is 0 Å². The molecule has 3 rings (SSSR count). The minimum absolute atomic E-state index is 0.0213. The lowest BCUT2D eigenvalue weighted by molar-refractivity contribution is -0.0218. The zero-order valence-electron chi connectivity index (χ0n) is 25.3. The van der Waals surface area contributed by atoms with Crippen molar-refractivity contribution in [1.29, 1.82) is 0 Å². The predicted molar refractivity (Wildman–Crippen MR) is 161 cm³/mol. The fourth-order valence-corrected chi connectivity index (χ4v) is 4.48. The van der Waals surface area contributed by atoms with E-state index in [1.807, 2.05) is 24.3 Å². The van der Waals surface area contributed by atoms with Gasteiger partial charge in [0.1, 0.15) is 6.61 Å². The maximum atomic E-state index is 12.6. The third-order valence-corrected chi connectivity index (χ3v) is 6.69. The van der Waals surface area contributed by atoms with E-state index in [1.165, 1.54) is 27.2 Å². The summed E-state index contributed by atoms with van der Waals surface area (Å²) in [4.78, 5) is 14.1. The standard InChI is InChI=1S/C32H47NO10/c1-33(32(35)43-26-31-29-8-4-2-6-27(29)28-7-3-5-9-30(28)31)10-12-36-14-16-38-18-20-40-22-24-42-25-23-41-21-19-39-17-15-37-13-11-34/h2-9,31,34H,10-26H2,1H3. The van der Waals surface area contributed by atoms with Crippen LogP contribution in [0.5, 0.6) is 0 Å². The van der Waals surface area contributed by atoms with E-state index >= 15 is 0 Å². The highest BCUT2D eigenvalue weighted by atomic mass is 16.6. The summed E-state index contributed by atoms with van der Waals surface area (Å²) < 4.78 is 43.5. The average molecular weight is 606 g/mol. The Morgan fingerprint density at radius 3 is 1.40 bits per heavy atom. The maximum absolute atomic E-state index is 12.6. The molecule has 0 saturated carbocycles. The minimum Gasteiger partial charge on any atom is -0.448 e. The molecule has 1 N–H and O–H groups in total. The first-order chi connectivity index (χ1) is 21.2. The number of benzene rings is 2. The molecule has 0 bridgehead atoms. The minimum atomic E-state index is -0.363. The maximum Gasteiger partial charge on any atom is 0.409 e. The molecule has 0 aromatic heterocycles. The third-order valence-electron chi connectivity index (χ3n) is 6.69. The van der Waals surface area contributed by atoms with Gasteiger partial charge in [-0.2, -0.15) is 0 Å². The Morgan fingerprint density at radius 2 is 0.977 bits per heavy atom. The molecule has 1 aliphatic carbocycles. The number of aliphatic hydroxyl groups is 1. The molecule has 1 aliphatic rings. The van der Waals surface area contributed by atoms with Crippen LogP contribution in [0.25, 0.3) is 11.1 Å². The molecular formula is C32H47NO10. The largest absolute Gasteiger partial charge is 0.448 e. The zero-order chi connectivity index (χ0) is 30.4. The van der Waals surface area contributed by atoms with E-state index in [1.54, 1.807) is 7.05 Å². The van der Waals surface area contributed by atoms with Gasteiger partial charge in [0.2, 0.25) is 0 Å². The Balaban J connectivity index is 1.08. The van der Waals surface area contributed by atoms with Gasteiger partial charge in [0.05, 0.1) is 99.1 Å². The van der Waals surface area contributed by atoms with Crippen molar-refractivity contribution < 1.29 is 47.8 Å². The van der Waals surface area contributed by atoms with Crippen LogP contribution in [0.15, 0.2) is 48.5 Å². The highest BCUT2D eigenvalue weighted by molar-refractivity contribution is 5.79. The van der Waals surface area contributed by atoms with Crippen LogP contribution in [0.3, 0.4) is 0 Å². The van der Waals surface area contributed by atoms with Crippen LogP contribution in [-0.4, -0.2) is 135 Å². The van der Waals surface area contributed by atoms with Crippen molar-refractivity contribution in [2.75, 3.05) is 119 Å². The molecular weight excluding hydrogens is 558 g/mol. The van der Waals surface area contributed by atoms with E-state index in [2.05, 4.69) is 24.3 Å². The van der Waals surface area contributed by atoms with Gasteiger partial charge in [-0.05, 0) is 22.3 Å². The van der Waals surface area contributed by atoms with Gasteiger partial charge in [0, 0.05) is 19.5 Å². The van der Waals surface area contributed by atoms with Gasteiger partial charge in [-0.25, -0.2) is 4.79 Å². The Hall–Kier alpha value is -2.61. The van der Waals surface area contributed by atoms with Gasteiger partial charge in [-0.3, -0.25) is 0 Å². The van der Waals surface area contributed by atoms with Crippen LogP contribution in [0.1, 0.15) is 17.0 Å². The molecule has 240 valence electrons. The summed E-state index contributed by atoms with van der Waals surface area (Å²) >= 11 is 0. The molecule has 11 heteroatoms. The van der Waals surface area contributed by atoms with Gasteiger partial charge in [-0.15, -0.1) is 0 Å². The molecule has 2 aromatic rings. The fraction of sp³-hybridized carbons (Fsp3) is 0.594. The van der Waals surface area contributed by atoms with E-state index in [0.29, 0.717) is 106 Å². The number of nitrogens with zero attached hydrogens (tertiary/aromatic N) is 1. The SMILES string of the molecule is CN(CCOCCOCCOCCOCCOCCOCCOCCO)C(=O)OCC1c2ccccc2-c2ccccc21. The first-order valence-electron chi connectivity index (χ1n) is 14.9. The molecule has 2 aromatic carbocycles. The summed E-state index contributed by atoms with van der Waals surface area (Å²) in [6.45, 7) is 7.21. The molecule has 0 unspecified atom stereocenters. The lowest BCUT2D eigenvalue weighted by Gasteiger charge is -2.19. The first kappa shape index (κ1) is 34.9. The van der Waals surface area contributed by atoms with Crippen LogP contribution in [0, 0.1) is 0 Å². The number of hydrogen-bond acceptors (Lipinski definition) is 10. The number of amides is 1.